The van der Waals surface area contributed by atoms with Crippen LogP contribution in [0, 0.1) is 13.8 Å². The van der Waals surface area contributed by atoms with E-state index in [2.05, 4.69) is 43.9 Å². The summed E-state index contributed by atoms with van der Waals surface area (Å²) >= 11 is 6.09. The van der Waals surface area contributed by atoms with Crippen LogP contribution in [0.5, 0.6) is 0 Å². The van der Waals surface area contributed by atoms with Crippen LogP contribution in [0.25, 0.3) is 5.69 Å². The Hall–Kier alpha value is -2.60. The van der Waals surface area contributed by atoms with Gasteiger partial charge in [-0.05, 0) is 31.5 Å². The number of anilines is 2. The Balaban J connectivity index is 1.90. The Morgan fingerprint density at radius 1 is 1.17 bits per heavy atom. The van der Waals surface area contributed by atoms with Crippen molar-refractivity contribution < 1.29 is 0 Å². The molecule has 0 aliphatic carbocycles. The average Bonchev–Trinajstić information content (AvgIpc) is 2.91. The fraction of sp³-hybridized carbons (Fsp3) is 0.235. The topological polar surface area (TPSA) is 67.7 Å². The van der Waals surface area contributed by atoms with Gasteiger partial charge in [0.25, 0.3) is 0 Å². The second-order valence-corrected chi connectivity index (χ2v) is 5.82. The fourth-order valence-corrected chi connectivity index (χ4v) is 2.87. The van der Waals surface area contributed by atoms with Crippen molar-refractivity contribution in [2.45, 2.75) is 20.4 Å². The number of hydrogen-bond donors (Lipinski definition) is 2. The monoisotopic (exact) mass is 342 g/mol. The van der Waals surface area contributed by atoms with Crippen molar-refractivity contribution in [1.82, 2.24) is 19.7 Å². The lowest BCUT2D eigenvalue weighted by molar-refractivity contribution is 0.821. The van der Waals surface area contributed by atoms with Gasteiger partial charge in [-0.1, -0.05) is 29.8 Å². The van der Waals surface area contributed by atoms with Gasteiger partial charge < -0.3 is 10.6 Å². The molecule has 124 valence electrons. The quantitative estimate of drug-likeness (QED) is 0.693. The standard InChI is InChI=1S/C17H19ClN6/c1-11-8-12(2)24(23-11)14-7-5-4-6-13(14)9-20-17-15(19-3)16(18)21-10-22-17/h4-8,10,19H,9H2,1-3H3,(H,20,21,22). The molecule has 2 N–H and O–H groups in total. The maximum atomic E-state index is 6.09. The third-order valence-electron chi connectivity index (χ3n) is 3.73. The summed E-state index contributed by atoms with van der Waals surface area (Å²) < 4.78 is 1.96. The van der Waals surface area contributed by atoms with Gasteiger partial charge in [-0.15, -0.1) is 0 Å². The minimum atomic E-state index is 0.391. The van der Waals surface area contributed by atoms with Crippen molar-refractivity contribution in [3.05, 3.63) is 58.8 Å². The van der Waals surface area contributed by atoms with E-state index < -0.39 is 0 Å². The molecule has 0 fully saturated rings. The van der Waals surface area contributed by atoms with Crippen molar-refractivity contribution >= 4 is 23.1 Å². The highest BCUT2D eigenvalue weighted by Gasteiger charge is 2.11. The maximum absolute atomic E-state index is 6.09. The van der Waals surface area contributed by atoms with E-state index in [1.54, 1.807) is 7.05 Å². The van der Waals surface area contributed by atoms with Gasteiger partial charge in [0.15, 0.2) is 11.0 Å². The van der Waals surface area contributed by atoms with E-state index in [0.29, 0.717) is 23.2 Å². The van der Waals surface area contributed by atoms with E-state index in [4.69, 9.17) is 11.6 Å². The zero-order valence-corrected chi connectivity index (χ0v) is 14.6. The molecule has 0 saturated heterocycles. The summed E-state index contributed by atoms with van der Waals surface area (Å²) in [6.45, 7) is 4.64. The Labute approximate surface area is 145 Å². The minimum absolute atomic E-state index is 0.391. The van der Waals surface area contributed by atoms with Crippen LogP contribution in [0.2, 0.25) is 5.15 Å². The molecule has 7 heteroatoms. The predicted molar refractivity (Wildman–Crippen MR) is 97.0 cm³/mol. The van der Waals surface area contributed by atoms with Gasteiger partial charge in [0, 0.05) is 19.3 Å². The largest absolute Gasteiger partial charge is 0.383 e. The number of aromatic nitrogens is 4. The molecular formula is C17H19ClN6. The number of para-hydroxylation sites is 1. The third-order valence-corrected chi connectivity index (χ3v) is 4.01. The van der Waals surface area contributed by atoms with Gasteiger partial charge in [-0.25, -0.2) is 14.6 Å². The lowest BCUT2D eigenvalue weighted by Gasteiger charge is -2.14. The fourth-order valence-electron chi connectivity index (χ4n) is 2.64. The second-order valence-electron chi connectivity index (χ2n) is 5.46. The molecule has 1 aromatic carbocycles. The summed E-state index contributed by atoms with van der Waals surface area (Å²) in [4.78, 5) is 8.24. The van der Waals surface area contributed by atoms with Crippen molar-refractivity contribution in [2.24, 2.45) is 0 Å². The summed E-state index contributed by atoms with van der Waals surface area (Å²) in [5.74, 6) is 0.667. The van der Waals surface area contributed by atoms with Crippen LogP contribution in [0.4, 0.5) is 11.5 Å². The normalized spacial score (nSPS) is 10.7. The summed E-state index contributed by atoms with van der Waals surface area (Å²) in [5, 5.41) is 11.3. The van der Waals surface area contributed by atoms with E-state index in [9.17, 15) is 0 Å². The first-order valence-electron chi connectivity index (χ1n) is 7.64. The van der Waals surface area contributed by atoms with E-state index in [1.807, 2.05) is 30.7 Å². The summed E-state index contributed by atoms with van der Waals surface area (Å²) in [6.07, 6.45) is 1.44. The van der Waals surface area contributed by atoms with Crippen LogP contribution >= 0.6 is 11.6 Å². The highest BCUT2D eigenvalue weighted by Crippen LogP contribution is 2.26. The number of halogens is 1. The van der Waals surface area contributed by atoms with Crippen molar-refractivity contribution in [2.75, 3.05) is 17.7 Å². The Bertz CT molecular complexity index is 858. The molecule has 3 rings (SSSR count). The van der Waals surface area contributed by atoms with E-state index in [-0.39, 0.29) is 0 Å². The smallest absolute Gasteiger partial charge is 0.157 e. The second kappa shape index (κ2) is 6.88. The summed E-state index contributed by atoms with van der Waals surface area (Å²) in [5.41, 5.74) is 4.93. The molecule has 0 aliphatic heterocycles. The molecule has 0 aliphatic rings. The predicted octanol–water partition coefficient (Wildman–Crippen LogP) is 3.59. The number of rotatable bonds is 5. The van der Waals surface area contributed by atoms with Crippen molar-refractivity contribution in [3.63, 3.8) is 0 Å². The van der Waals surface area contributed by atoms with Crippen LogP contribution < -0.4 is 10.6 Å². The Kier molecular flexibility index (Phi) is 4.66. The lowest BCUT2D eigenvalue weighted by atomic mass is 10.1. The molecule has 0 bridgehead atoms. The first-order valence-corrected chi connectivity index (χ1v) is 8.01. The van der Waals surface area contributed by atoms with Crippen molar-refractivity contribution in [1.29, 1.82) is 0 Å². The van der Waals surface area contributed by atoms with Crippen LogP contribution in [-0.4, -0.2) is 26.8 Å². The van der Waals surface area contributed by atoms with Crippen LogP contribution in [0.1, 0.15) is 17.0 Å². The van der Waals surface area contributed by atoms with Crippen LogP contribution in [0.15, 0.2) is 36.7 Å². The molecular weight excluding hydrogens is 324 g/mol. The molecule has 0 radical (unpaired) electrons. The molecule has 0 saturated carbocycles. The zero-order valence-electron chi connectivity index (χ0n) is 13.8. The van der Waals surface area contributed by atoms with E-state index in [0.717, 1.165) is 22.6 Å². The third kappa shape index (κ3) is 3.19. The van der Waals surface area contributed by atoms with Crippen LogP contribution in [-0.2, 0) is 6.54 Å². The lowest BCUT2D eigenvalue weighted by Crippen LogP contribution is -2.09. The number of nitrogens with zero attached hydrogens (tertiary/aromatic N) is 4. The first-order chi connectivity index (χ1) is 11.6. The molecule has 3 aromatic rings. The Morgan fingerprint density at radius 2 is 1.96 bits per heavy atom. The van der Waals surface area contributed by atoms with Gasteiger partial charge in [0.1, 0.15) is 12.0 Å². The number of benzene rings is 1. The number of nitrogens with one attached hydrogen (secondary N) is 2. The Morgan fingerprint density at radius 3 is 2.67 bits per heavy atom. The molecule has 24 heavy (non-hydrogen) atoms. The number of aryl methyl sites for hydroxylation is 2. The molecule has 2 aromatic heterocycles. The van der Waals surface area contributed by atoms with Gasteiger partial charge in [-0.3, -0.25) is 0 Å². The minimum Gasteiger partial charge on any atom is -0.383 e. The van der Waals surface area contributed by atoms with Crippen LogP contribution in [0.3, 0.4) is 0 Å². The highest BCUT2D eigenvalue weighted by atomic mass is 35.5. The zero-order chi connectivity index (χ0) is 17.1. The molecule has 0 unspecified atom stereocenters. The molecule has 0 spiro atoms. The van der Waals surface area contributed by atoms with E-state index in [1.165, 1.54) is 6.33 Å². The SMILES string of the molecule is CNc1c(Cl)ncnc1NCc1ccccc1-n1nc(C)cc1C. The molecule has 0 atom stereocenters. The maximum Gasteiger partial charge on any atom is 0.157 e. The van der Waals surface area contributed by atoms with E-state index >= 15 is 0 Å². The summed E-state index contributed by atoms with van der Waals surface area (Å²) in [7, 11) is 1.79. The van der Waals surface area contributed by atoms with Crippen molar-refractivity contribution in [3.8, 4) is 5.69 Å². The summed E-state index contributed by atoms with van der Waals surface area (Å²) in [6, 6.07) is 10.2. The molecule has 0 amide bonds. The molecule has 2 heterocycles. The average molecular weight is 343 g/mol. The van der Waals surface area contributed by atoms with Gasteiger partial charge in [-0.2, -0.15) is 5.10 Å². The van der Waals surface area contributed by atoms with Gasteiger partial charge in [0.05, 0.1) is 11.4 Å². The molecule has 6 nitrogen and oxygen atoms in total. The first kappa shape index (κ1) is 16.3. The van der Waals surface area contributed by atoms with Gasteiger partial charge >= 0.3 is 0 Å². The highest BCUT2D eigenvalue weighted by molar-refractivity contribution is 6.32. The van der Waals surface area contributed by atoms with Gasteiger partial charge in [0.2, 0.25) is 0 Å². The number of hydrogen-bond acceptors (Lipinski definition) is 5.